The van der Waals surface area contributed by atoms with Gasteiger partial charge in [0.05, 0.1) is 24.9 Å². The summed E-state index contributed by atoms with van der Waals surface area (Å²) in [4.78, 5) is 11.7. The number of rotatable bonds is 4. The molecule has 0 aliphatic carbocycles. The van der Waals surface area contributed by atoms with Gasteiger partial charge in [0.2, 0.25) is 0 Å². The highest BCUT2D eigenvalue weighted by molar-refractivity contribution is 5.74. The Hall–Kier alpha value is -0.810. The van der Waals surface area contributed by atoms with Gasteiger partial charge in [-0.1, -0.05) is 6.92 Å². The van der Waals surface area contributed by atoms with Crippen LogP contribution in [-0.2, 0) is 4.74 Å². The third-order valence-electron chi connectivity index (χ3n) is 3.08. The minimum absolute atomic E-state index is 0.0233. The molecule has 3 unspecified atom stereocenters. The first kappa shape index (κ1) is 14.3. The van der Waals surface area contributed by atoms with Crippen molar-refractivity contribution in [1.29, 1.82) is 0 Å². The van der Waals surface area contributed by atoms with E-state index >= 15 is 0 Å². The number of hydrogen-bond acceptors (Lipinski definition) is 3. The molecule has 3 atom stereocenters. The maximum atomic E-state index is 11.7. The molecule has 1 aliphatic rings. The summed E-state index contributed by atoms with van der Waals surface area (Å²) < 4.78 is 5.61. The third-order valence-corrected chi connectivity index (χ3v) is 3.08. The summed E-state index contributed by atoms with van der Waals surface area (Å²) in [5.41, 5.74) is 0. The molecule has 0 aromatic heterocycles. The first-order valence-corrected chi connectivity index (χ1v) is 6.38. The Morgan fingerprint density at radius 3 is 2.47 bits per heavy atom. The molecule has 0 saturated carbocycles. The van der Waals surface area contributed by atoms with E-state index < -0.39 is 0 Å². The van der Waals surface area contributed by atoms with E-state index in [1.54, 1.807) is 0 Å². The molecule has 2 amide bonds. The lowest BCUT2D eigenvalue weighted by atomic mass is 10.0. The molecule has 17 heavy (non-hydrogen) atoms. The zero-order chi connectivity index (χ0) is 12.8. The average Bonchev–Trinajstić information content (AvgIpc) is 2.24. The van der Waals surface area contributed by atoms with Gasteiger partial charge in [-0.3, -0.25) is 0 Å². The van der Waals surface area contributed by atoms with Gasteiger partial charge in [-0.15, -0.1) is 0 Å². The van der Waals surface area contributed by atoms with Gasteiger partial charge >= 0.3 is 6.03 Å². The largest absolute Gasteiger partial charge is 0.394 e. The second kappa shape index (κ2) is 6.81. The molecule has 1 fully saturated rings. The van der Waals surface area contributed by atoms with Crippen LogP contribution in [0.4, 0.5) is 4.79 Å². The van der Waals surface area contributed by atoms with Crippen molar-refractivity contribution in [2.45, 2.75) is 64.3 Å². The highest BCUT2D eigenvalue weighted by atomic mass is 16.5. The first-order valence-electron chi connectivity index (χ1n) is 6.38. The molecule has 0 radical (unpaired) electrons. The monoisotopic (exact) mass is 244 g/mol. The van der Waals surface area contributed by atoms with E-state index in [-0.39, 0.29) is 36.9 Å². The topological polar surface area (TPSA) is 70.6 Å². The Labute approximate surface area is 103 Å². The molecular weight excluding hydrogens is 220 g/mol. The van der Waals surface area contributed by atoms with Gasteiger partial charge in [-0.25, -0.2) is 4.79 Å². The lowest BCUT2D eigenvalue weighted by Gasteiger charge is -2.32. The Kier molecular flexibility index (Phi) is 5.71. The maximum absolute atomic E-state index is 11.7. The summed E-state index contributed by atoms with van der Waals surface area (Å²) >= 11 is 0. The summed E-state index contributed by atoms with van der Waals surface area (Å²) in [5, 5.41) is 14.7. The van der Waals surface area contributed by atoms with Gasteiger partial charge in [-0.2, -0.15) is 0 Å². The summed E-state index contributed by atoms with van der Waals surface area (Å²) in [7, 11) is 0. The number of carbonyl (C=O) groups is 1. The van der Waals surface area contributed by atoms with Crippen LogP contribution in [0.2, 0.25) is 0 Å². The van der Waals surface area contributed by atoms with Crippen LogP contribution >= 0.6 is 0 Å². The second-order valence-corrected chi connectivity index (χ2v) is 4.83. The minimum atomic E-state index is -0.197. The van der Waals surface area contributed by atoms with E-state index in [0.29, 0.717) is 0 Å². The number of amides is 2. The van der Waals surface area contributed by atoms with Crippen LogP contribution in [0, 0.1) is 0 Å². The molecule has 0 spiro atoms. The number of hydrogen-bond donors (Lipinski definition) is 3. The Bertz CT molecular complexity index is 234. The quantitative estimate of drug-likeness (QED) is 0.691. The van der Waals surface area contributed by atoms with Crippen molar-refractivity contribution >= 4 is 6.03 Å². The fraction of sp³-hybridized carbons (Fsp3) is 0.917. The molecule has 1 saturated heterocycles. The molecule has 1 heterocycles. The van der Waals surface area contributed by atoms with E-state index in [4.69, 9.17) is 9.84 Å². The highest BCUT2D eigenvalue weighted by Crippen LogP contribution is 2.18. The van der Waals surface area contributed by atoms with Crippen LogP contribution in [0.5, 0.6) is 0 Å². The number of carbonyl (C=O) groups excluding carboxylic acids is 1. The van der Waals surface area contributed by atoms with Crippen molar-refractivity contribution in [1.82, 2.24) is 10.6 Å². The summed E-state index contributed by atoms with van der Waals surface area (Å²) in [6.45, 7) is 5.94. The van der Waals surface area contributed by atoms with E-state index in [9.17, 15) is 4.79 Å². The number of urea groups is 1. The minimum Gasteiger partial charge on any atom is -0.394 e. The summed E-state index contributed by atoms with van der Waals surface area (Å²) in [6, 6.07) is -0.202. The lowest BCUT2D eigenvalue weighted by molar-refractivity contribution is -0.0402. The predicted octanol–water partition coefficient (Wildman–Crippen LogP) is 1.01. The van der Waals surface area contributed by atoms with E-state index in [2.05, 4.69) is 10.6 Å². The van der Waals surface area contributed by atoms with Crippen molar-refractivity contribution in [2.75, 3.05) is 6.61 Å². The Balaban J connectivity index is 2.34. The second-order valence-electron chi connectivity index (χ2n) is 4.83. The first-order chi connectivity index (χ1) is 8.05. The zero-order valence-corrected chi connectivity index (χ0v) is 10.9. The van der Waals surface area contributed by atoms with Crippen LogP contribution in [0.1, 0.15) is 40.0 Å². The van der Waals surface area contributed by atoms with E-state index in [1.165, 1.54) is 0 Å². The SMILES string of the molecule is CCC(CO)NC(=O)NC1CC(C)OC(C)C1. The molecular formula is C12H24N2O3. The normalized spacial score (nSPS) is 30.7. The Morgan fingerprint density at radius 2 is 2.00 bits per heavy atom. The fourth-order valence-corrected chi connectivity index (χ4v) is 2.21. The van der Waals surface area contributed by atoms with Crippen molar-refractivity contribution in [3.8, 4) is 0 Å². The van der Waals surface area contributed by atoms with Crippen molar-refractivity contribution in [2.24, 2.45) is 0 Å². The molecule has 5 nitrogen and oxygen atoms in total. The third kappa shape index (κ3) is 4.91. The number of aliphatic hydroxyl groups is 1. The predicted molar refractivity (Wildman–Crippen MR) is 65.9 cm³/mol. The van der Waals surface area contributed by atoms with Gasteiger partial charge in [0.1, 0.15) is 0 Å². The molecule has 5 heteroatoms. The molecule has 100 valence electrons. The average molecular weight is 244 g/mol. The van der Waals surface area contributed by atoms with E-state index in [1.807, 2.05) is 20.8 Å². The smallest absolute Gasteiger partial charge is 0.315 e. The Morgan fingerprint density at radius 1 is 1.41 bits per heavy atom. The van der Waals surface area contributed by atoms with Crippen molar-refractivity contribution in [3.05, 3.63) is 0 Å². The molecule has 0 bridgehead atoms. The molecule has 3 N–H and O–H groups in total. The molecule has 1 rings (SSSR count). The molecule has 0 aromatic rings. The fourth-order valence-electron chi connectivity index (χ4n) is 2.21. The number of nitrogens with one attached hydrogen (secondary N) is 2. The van der Waals surface area contributed by atoms with Gasteiger partial charge in [0, 0.05) is 6.04 Å². The van der Waals surface area contributed by atoms with Crippen LogP contribution < -0.4 is 10.6 Å². The standard InChI is InChI=1S/C12H24N2O3/c1-4-10(7-15)13-12(16)14-11-5-8(2)17-9(3)6-11/h8-11,15H,4-7H2,1-3H3,(H2,13,14,16). The van der Waals surface area contributed by atoms with Gasteiger partial charge in [0.15, 0.2) is 0 Å². The maximum Gasteiger partial charge on any atom is 0.315 e. The van der Waals surface area contributed by atoms with Crippen molar-refractivity contribution < 1.29 is 14.6 Å². The summed E-state index contributed by atoms with van der Waals surface area (Å²) in [6.07, 6.45) is 2.78. The highest BCUT2D eigenvalue weighted by Gasteiger charge is 2.25. The van der Waals surface area contributed by atoms with Crippen LogP contribution in [0.25, 0.3) is 0 Å². The zero-order valence-electron chi connectivity index (χ0n) is 10.9. The molecule has 1 aliphatic heterocycles. The van der Waals surface area contributed by atoms with Crippen LogP contribution in [-0.4, -0.2) is 42.0 Å². The number of aliphatic hydroxyl groups excluding tert-OH is 1. The van der Waals surface area contributed by atoms with Crippen LogP contribution in [0.3, 0.4) is 0 Å². The van der Waals surface area contributed by atoms with Crippen molar-refractivity contribution in [3.63, 3.8) is 0 Å². The van der Waals surface area contributed by atoms with E-state index in [0.717, 1.165) is 19.3 Å². The number of ether oxygens (including phenoxy) is 1. The summed E-state index contributed by atoms with van der Waals surface area (Å²) in [5.74, 6) is 0. The lowest BCUT2D eigenvalue weighted by Crippen LogP contribution is -2.50. The van der Waals surface area contributed by atoms with Crippen LogP contribution in [0.15, 0.2) is 0 Å². The van der Waals surface area contributed by atoms with Gasteiger partial charge in [-0.05, 0) is 33.1 Å². The molecule has 0 aromatic carbocycles. The van der Waals surface area contributed by atoms with Gasteiger partial charge in [0.25, 0.3) is 0 Å². The van der Waals surface area contributed by atoms with Gasteiger partial charge < -0.3 is 20.5 Å².